The topological polar surface area (TPSA) is 95.5 Å². The Labute approximate surface area is 177 Å². The van der Waals surface area contributed by atoms with E-state index in [0.717, 1.165) is 41.2 Å². The minimum Gasteiger partial charge on any atom is -0.478 e. The van der Waals surface area contributed by atoms with Crippen LogP contribution in [0.5, 0.6) is 0 Å². The molecule has 2 aromatic rings. The number of imidazole rings is 1. The Morgan fingerprint density at radius 2 is 1.83 bits per heavy atom. The van der Waals surface area contributed by atoms with Gasteiger partial charge in [-0.3, -0.25) is 0 Å². The standard InChI is InChI=1S/C23H31N3O4/c1-14-7-8-16(19(27)28)13-17(14)18-15(2)24-20(25-18)23(6)9-11-26(12-10-23)21(29)30-22(3,4)5/h7-8,13H,9-12H2,1-6H3,(H,24,25)(H,27,28). The molecule has 0 aliphatic carbocycles. The van der Waals surface area contributed by atoms with E-state index in [1.807, 2.05) is 40.7 Å². The third-order valence-corrected chi connectivity index (χ3v) is 5.71. The van der Waals surface area contributed by atoms with Gasteiger partial charge < -0.3 is 19.7 Å². The number of carbonyl (C=O) groups is 2. The smallest absolute Gasteiger partial charge is 0.410 e. The van der Waals surface area contributed by atoms with Crippen LogP contribution in [0.15, 0.2) is 18.2 Å². The molecular weight excluding hydrogens is 382 g/mol. The first-order valence-corrected chi connectivity index (χ1v) is 10.3. The monoisotopic (exact) mass is 413 g/mol. The summed E-state index contributed by atoms with van der Waals surface area (Å²) >= 11 is 0. The van der Waals surface area contributed by atoms with Crippen LogP contribution >= 0.6 is 0 Å². The fourth-order valence-electron chi connectivity index (χ4n) is 3.76. The Bertz CT molecular complexity index is 963. The van der Waals surface area contributed by atoms with E-state index in [9.17, 15) is 14.7 Å². The number of likely N-dealkylation sites (tertiary alicyclic amines) is 1. The predicted molar refractivity (Wildman–Crippen MR) is 115 cm³/mol. The maximum absolute atomic E-state index is 12.4. The Morgan fingerprint density at radius 1 is 1.20 bits per heavy atom. The molecule has 7 nitrogen and oxygen atoms in total. The van der Waals surface area contributed by atoms with Crippen molar-refractivity contribution in [3.05, 3.63) is 40.8 Å². The number of aromatic nitrogens is 2. The summed E-state index contributed by atoms with van der Waals surface area (Å²) < 4.78 is 5.49. The molecule has 1 amide bonds. The van der Waals surface area contributed by atoms with Crippen molar-refractivity contribution >= 4 is 12.1 Å². The van der Waals surface area contributed by atoms with Gasteiger partial charge in [-0.15, -0.1) is 0 Å². The fraction of sp³-hybridized carbons (Fsp3) is 0.522. The number of aromatic carboxylic acids is 1. The first-order chi connectivity index (χ1) is 13.9. The first kappa shape index (κ1) is 21.9. The Balaban J connectivity index is 1.81. The predicted octanol–water partition coefficient (Wildman–Crippen LogP) is 4.68. The van der Waals surface area contributed by atoms with Gasteiger partial charge in [-0.2, -0.15) is 0 Å². The van der Waals surface area contributed by atoms with Crippen molar-refractivity contribution in [2.45, 2.75) is 65.4 Å². The minimum atomic E-state index is -0.953. The average molecular weight is 414 g/mol. The number of hydrogen-bond donors (Lipinski definition) is 2. The molecule has 3 rings (SSSR count). The molecule has 1 saturated heterocycles. The third-order valence-electron chi connectivity index (χ3n) is 5.71. The number of amides is 1. The van der Waals surface area contributed by atoms with Crippen molar-refractivity contribution in [2.24, 2.45) is 0 Å². The number of hydrogen-bond acceptors (Lipinski definition) is 4. The lowest BCUT2D eigenvalue weighted by molar-refractivity contribution is 0.0168. The number of nitrogens with zero attached hydrogens (tertiary/aromatic N) is 2. The van der Waals surface area contributed by atoms with Crippen LogP contribution in [0.2, 0.25) is 0 Å². The number of carbonyl (C=O) groups excluding carboxylic acids is 1. The van der Waals surface area contributed by atoms with Gasteiger partial charge in [-0.05, 0) is 65.2 Å². The van der Waals surface area contributed by atoms with Crippen LogP contribution in [-0.4, -0.2) is 50.7 Å². The summed E-state index contributed by atoms with van der Waals surface area (Å²) in [5.74, 6) is -0.0786. The molecule has 0 unspecified atom stereocenters. The van der Waals surface area contributed by atoms with E-state index in [4.69, 9.17) is 9.72 Å². The zero-order valence-corrected chi connectivity index (χ0v) is 18.6. The molecule has 0 saturated carbocycles. The van der Waals surface area contributed by atoms with Crippen LogP contribution in [0, 0.1) is 13.8 Å². The van der Waals surface area contributed by atoms with E-state index in [1.54, 1.807) is 17.0 Å². The zero-order valence-electron chi connectivity index (χ0n) is 18.6. The first-order valence-electron chi connectivity index (χ1n) is 10.3. The molecule has 2 N–H and O–H groups in total. The van der Waals surface area contributed by atoms with Crippen molar-refractivity contribution in [3.8, 4) is 11.3 Å². The molecular formula is C23H31N3O4. The fourth-order valence-corrected chi connectivity index (χ4v) is 3.76. The number of H-pyrrole nitrogens is 1. The number of ether oxygens (including phenoxy) is 1. The van der Waals surface area contributed by atoms with Crippen LogP contribution in [0.25, 0.3) is 11.3 Å². The van der Waals surface area contributed by atoms with Gasteiger partial charge >= 0.3 is 12.1 Å². The zero-order chi connectivity index (χ0) is 22.3. The van der Waals surface area contributed by atoms with Gasteiger partial charge in [0.15, 0.2) is 0 Å². The molecule has 162 valence electrons. The molecule has 0 bridgehead atoms. The lowest BCUT2D eigenvalue weighted by Crippen LogP contribution is -2.46. The summed E-state index contributed by atoms with van der Waals surface area (Å²) in [7, 11) is 0. The molecule has 1 aromatic heterocycles. The molecule has 0 radical (unpaired) electrons. The molecule has 0 spiro atoms. The maximum atomic E-state index is 12.4. The number of aryl methyl sites for hydroxylation is 2. The largest absolute Gasteiger partial charge is 0.478 e. The van der Waals surface area contributed by atoms with E-state index in [-0.39, 0.29) is 17.1 Å². The molecule has 0 atom stereocenters. The van der Waals surface area contributed by atoms with E-state index in [2.05, 4.69) is 11.9 Å². The minimum absolute atomic E-state index is 0.195. The van der Waals surface area contributed by atoms with Crippen molar-refractivity contribution in [2.75, 3.05) is 13.1 Å². The number of carboxylic acids is 1. The normalized spacial score (nSPS) is 16.4. The molecule has 1 fully saturated rings. The van der Waals surface area contributed by atoms with Gasteiger partial charge in [-0.25, -0.2) is 14.6 Å². The lowest BCUT2D eigenvalue weighted by atomic mass is 9.80. The Morgan fingerprint density at radius 3 is 2.40 bits per heavy atom. The number of carboxylic acid groups (broad SMARTS) is 1. The summed E-state index contributed by atoms with van der Waals surface area (Å²) in [5.41, 5.74) is 3.03. The van der Waals surface area contributed by atoms with Gasteiger partial charge in [0.2, 0.25) is 0 Å². The second kappa shape index (κ2) is 7.78. The van der Waals surface area contributed by atoms with E-state index >= 15 is 0 Å². The van der Waals surface area contributed by atoms with Crippen LogP contribution in [0.3, 0.4) is 0 Å². The van der Waals surface area contributed by atoms with Gasteiger partial charge in [0.1, 0.15) is 11.4 Å². The molecule has 1 aliphatic rings. The highest BCUT2D eigenvalue weighted by Crippen LogP contribution is 2.36. The van der Waals surface area contributed by atoms with Crippen molar-refractivity contribution in [1.29, 1.82) is 0 Å². The summed E-state index contributed by atoms with van der Waals surface area (Å²) in [6.07, 6.45) is 1.27. The number of piperidine rings is 1. The Hall–Kier alpha value is -2.83. The summed E-state index contributed by atoms with van der Waals surface area (Å²) in [5, 5.41) is 9.34. The Kier molecular flexibility index (Phi) is 5.67. The van der Waals surface area contributed by atoms with E-state index in [0.29, 0.717) is 13.1 Å². The van der Waals surface area contributed by atoms with E-state index in [1.165, 1.54) is 0 Å². The van der Waals surface area contributed by atoms with Crippen LogP contribution in [-0.2, 0) is 10.2 Å². The van der Waals surface area contributed by atoms with Gasteiger partial charge in [0, 0.05) is 29.8 Å². The van der Waals surface area contributed by atoms with Crippen molar-refractivity contribution in [3.63, 3.8) is 0 Å². The summed E-state index contributed by atoms with van der Waals surface area (Å²) in [4.78, 5) is 33.8. The highest BCUT2D eigenvalue weighted by atomic mass is 16.6. The number of rotatable bonds is 3. The number of aromatic amines is 1. The lowest BCUT2D eigenvalue weighted by Gasteiger charge is -2.38. The summed E-state index contributed by atoms with van der Waals surface area (Å²) in [6, 6.07) is 5.10. The molecule has 30 heavy (non-hydrogen) atoms. The summed E-state index contributed by atoms with van der Waals surface area (Å²) in [6.45, 7) is 12.9. The van der Waals surface area contributed by atoms with Crippen molar-refractivity contribution < 1.29 is 19.4 Å². The average Bonchev–Trinajstić information content (AvgIpc) is 3.03. The number of nitrogens with one attached hydrogen (secondary N) is 1. The van der Waals surface area contributed by atoms with Crippen LogP contribution < -0.4 is 0 Å². The van der Waals surface area contributed by atoms with Gasteiger partial charge in [0.05, 0.1) is 11.3 Å². The van der Waals surface area contributed by atoms with Crippen molar-refractivity contribution in [1.82, 2.24) is 14.9 Å². The third kappa shape index (κ3) is 4.50. The van der Waals surface area contributed by atoms with Crippen LogP contribution in [0.4, 0.5) is 4.79 Å². The molecule has 1 aliphatic heterocycles. The second-order valence-corrected chi connectivity index (χ2v) is 9.42. The molecule has 7 heteroatoms. The van der Waals surface area contributed by atoms with E-state index < -0.39 is 11.6 Å². The molecule has 1 aromatic carbocycles. The van der Waals surface area contributed by atoms with Crippen LogP contribution in [0.1, 0.15) is 68.0 Å². The van der Waals surface area contributed by atoms with Gasteiger partial charge in [-0.1, -0.05) is 13.0 Å². The number of benzene rings is 1. The van der Waals surface area contributed by atoms with Gasteiger partial charge in [0.25, 0.3) is 0 Å². The highest BCUT2D eigenvalue weighted by Gasteiger charge is 2.37. The second-order valence-electron chi connectivity index (χ2n) is 9.42. The molecule has 2 heterocycles. The quantitative estimate of drug-likeness (QED) is 0.762. The SMILES string of the molecule is Cc1ccc(C(=O)O)cc1-c1nc(C2(C)CCN(C(=O)OC(C)(C)C)CC2)[nH]c1C. The highest BCUT2D eigenvalue weighted by molar-refractivity contribution is 5.89. The maximum Gasteiger partial charge on any atom is 0.410 e.